The second-order valence-corrected chi connectivity index (χ2v) is 7.12. The Morgan fingerprint density at radius 1 is 1.33 bits per heavy atom. The SMILES string of the molecule is Cc1nc(NC(=O)COc2ccc(Cl)cc2)sc1-c1csc(N)n1. The fourth-order valence-corrected chi connectivity index (χ4v) is 3.61. The molecule has 2 aromatic heterocycles. The monoisotopic (exact) mass is 380 g/mol. The molecule has 3 N–H and O–H groups in total. The molecule has 3 aromatic rings. The zero-order chi connectivity index (χ0) is 17.1. The van der Waals surface area contributed by atoms with Gasteiger partial charge in [0.2, 0.25) is 0 Å². The fourth-order valence-electron chi connectivity index (χ4n) is 1.91. The zero-order valence-electron chi connectivity index (χ0n) is 12.6. The topological polar surface area (TPSA) is 90.1 Å². The minimum Gasteiger partial charge on any atom is -0.484 e. The molecule has 0 saturated carbocycles. The van der Waals surface area contributed by atoms with E-state index in [1.807, 2.05) is 12.3 Å². The highest BCUT2D eigenvalue weighted by molar-refractivity contribution is 7.19. The smallest absolute Gasteiger partial charge is 0.264 e. The molecule has 0 aliphatic rings. The van der Waals surface area contributed by atoms with Gasteiger partial charge in [0.1, 0.15) is 5.75 Å². The molecule has 0 bridgehead atoms. The highest BCUT2D eigenvalue weighted by Crippen LogP contribution is 2.33. The van der Waals surface area contributed by atoms with Crippen LogP contribution in [0, 0.1) is 6.92 Å². The van der Waals surface area contributed by atoms with Crippen LogP contribution in [-0.4, -0.2) is 22.5 Å². The average molecular weight is 381 g/mol. The molecule has 124 valence electrons. The number of ether oxygens (including phenoxy) is 1. The van der Waals surface area contributed by atoms with Gasteiger partial charge in [0.15, 0.2) is 16.9 Å². The molecule has 6 nitrogen and oxygen atoms in total. The molecule has 0 aliphatic heterocycles. The normalized spacial score (nSPS) is 10.6. The van der Waals surface area contributed by atoms with E-state index >= 15 is 0 Å². The lowest BCUT2D eigenvalue weighted by atomic mass is 10.3. The molecular weight excluding hydrogens is 368 g/mol. The van der Waals surface area contributed by atoms with E-state index in [4.69, 9.17) is 22.1 Å². The summed E-state index contributed by atoms with van der Waals surface area (Å²) in [4.78, 5) is 21.4. The molecule has 0 spiro atoms. The van der Waals surface area contributed by atoms with E-state index in [2.05, 4.69) is 15.3 Å². The summed E-state index contributed by atoms with van der Waals surface area (Å²) in [6, 6.07) is 6.80. The summed E-state index contributed by atoms with van der Waals surface area (Å²) in [5, 5.41) is 6.20. The molecular formula is C15H13ClN4O2S2. The molecule has 1 aromatic carbocycles. The summed E-state index contributed by atoms with van der Waals surface area (Å²) in [6.45, 7) is 1.75. The first-order valence-electron chi connectivity index (χ1n) is 6.88. The van der Waals surface area contributed by atoms with Gasteiger partial charge in [0.05, 0.1) is 16.3 Å². The summed E-state index contributed by atoms with van der Waals surface area (Å²) in [5.74, 6) is 0.284. The van der Waals surface area contributed by atoms with Crippen LogP contribution in [0.1, 0.15) is 5.69 Å². The zero-order valence-corrected chi connectivity index (χ0v) is 15.0. The van der Waals surface area contributed by atoms with Crippen LogP contribution in [0.4, 0.5) is 10.3 Å². The first kappa shape index (κ1) is 16.7. The highest BCUT2D eigenvalue weighted by atomic mass is 35.5. The summed E-state index contributed by atoms with van der Waals surface area (Å²) in [6.07, 6.45) is 0. The average Bonchev–Trinajstić information content (AvgIpc) is 3.12. The number of halogens is 1. The Bertz CT molecular complexity index is 861. The van der Waals surface area contributed by atoms with E-state index in [9.17, 15) is 4.79 Å². The molecule has 0 aliphatic carbocycles. The van der Waals surface area contributed by atoms with E-state index in [1.54, 1.807) is 24.3 Å². The number of carbonyl (C=O) groups is 1. The third-order valence-corrected chi connectivity index (χ3v) is 5.00. The predicted octanol–water partition coefficient (Wildman–Crippen LogP) is 3.83. The van der Waals surface area contributed by atoms with Crippen LogP contribution in [0.15, 0.2) is 29.6 Å². The van der Waals surface area contributed by atoms with Crippen LogP contribution >= 0.6 is 34.3 Å². The minimum atomic E-state index is -0.289. The maximum absolute atomic E-state index is 12.0. The fraction of sp³-hybridized carbons (Fsp3) is 0.133. The summed E-state index contributed by atoms with van der Waals surface area (Å²) >= 11 is 8.51. The number of benzene rings is 1. The molecule has 0 saturated heterocycles. The number of nitrogen functional groups attached to an aromatic ring is 1. The summed E-state index contributed by atoms with van der Waals surface area (Å²) < 4.78 is 5.40. The second-order valence-electron chi connectivity index (χ2n) is 4.80. The second kappa shape index (κ2) is 7.16. The molecule has 9 heteroatoms. The van der Waals surface area contributed by atoms with Crippen LogP contribution in [0.3, 0.4) is 0 Å². The van der Waals surface area contributed by atoms with Gasteiger partial charge >= 0.3 is 0 Å². The maximum atomic E-state index is 12.0. The number of hydrogen-bond acceptors (Lipinski definition) is 7. The number of nitrogens with one attached hydrogen (secondary N) is 1. The van der Waals surface area contributed by atoms with Gasteiger partial charge in [0.25, 0.3) is 5.91 Å². The van der Waals surface area contributed by atoms with Crippen molar-refractivity contribution in [2.75, 3.05) is 17.7 Å². The molecule has 3 rings (SSSR count). The minimum absolute atomic E-state index is 0.112. The van der Waals surface area contributed by atoms with Crippen molar-refractivity contribution < 1.29 is 9.53 Å². The van der Waals surface area contributed by atoms with Crippen molar-refractivity contribution in [3.63, 3.8) is 0 Å². The first-order chi connectivity index (χ1) is 11.5. The molecule has 0 radical (unpaired) electrons. The number of anilines is 2. The Balaban J connectivity index is 1.61. The number of amides is 1. The summed E-state index contributed by atoms with van der Waals surface area (Å²) in [5.41, 5.74) is 7.21. The van der Waals surface area contributed by atoms with E-state index in [1.165, 1.54) is 22.7 Å². The van der Waals surface area contributed by atoms with Gasteiger partial charge in [-0.2, -0.15) is 0 Å². The Morgan fingerprint density at radius 2 is 2.08 bits per heavy atom. The number of nitrogens with zero attached hydrogens (tertiary/aromatic N) is 2. The third-order valence-electron chi connectivity index (χ3n) is 2.98. The van der Waals surface area contributed by atoms with Crippen molar-refractivity contribution >= 4 is 50.4 Å². The predicted molar refractivity (Wildman–Crippen MR) is 97.9 cm³/mol. The Hall–Kier alpha value is -2.16. The summed E-state index contributed by atoms with van der Waals surface area (Å²) in [7, 11) is 0. The van der Waals surface area contributed by atoms with Crippen LogP contribution < -0.4 is 15.8 Å². The lowest BCUT2D eigenvalue weighted by Crippen LogP contribution is -2.20. The molecule has 2 heterocycles. The van der Waals surface area contributed by atoms with Crippen molar-refractivity contribution in [2.45, 2.75) is 6.92 Å². The van der Waals surface area contributed by atoms with Crippen LogP contribution in [0.25, 0.3) is 10.6 Å². The standard InChI is InChI=1S/C15H13ClN4O2S2/c1-8-13(11-7-23-14(17)19-11)24-15(18-8)20-12(21)6-22-10-4-2-9(16)3-5-10/h2-5,7H,6H2,1H3,(H2,17,19)(H,18,20,21). The van der Waals surface area contributed by atoms with Gasteiger partial charge in [-0.25, -0.2) is 9.97 Å². The number of rotatable bonds is 5. The third kappa shape index (κ3) is 4.02. The van der Waals surface area contributed by atoms with Gasteiger partial charge in [-0.05, 0) is 31.2 Å². The van der Waals surface area contributed by atoms with Crippen molar-refractivity contribution in [2.24, 2.45) is 0 Å². The number of aryl methyl sites for hydroxylation is 1. The van der Waals surface area contributed by atoms with Crippen molar-refractivity contribution in [3.05, 3.63) is 40.4 Å². The number of aromatic nitrogens is 2. The van der Waals surface area contributed by atoms with Gasteiger partial charge < -0.3 is 10.5 Å². The highest BCUT2D eigenvalue weighted by Gasteiger charge is 2.14. The Kier molecular flexibility index (Phi) is 4.98. The van der Waals surface area contributed by atoms with E-state index in [0.29, 0.717) is 21.0 Å². The van der Waals surface area contributed by atoms with Crippen molar-refractivity contribution in [3.8, 4) is 16.3 Å². The van der Waals surface area contributed by atoms with Gasteiger partial charge in [0, 0.05) is 10.4 Å². The largest absolute Gasteiger partial charge is 0.484 e. The first-order valence-corrected chi connectivity index (χ1v) is 8.95. The van der Waals surface area contributed by atoms with Crippen molar-refractivity contribution in [1.29, 1.82) is 0 Å². The Labute approximate surface area is 151 Å². The quantitative estimate of drug-likeness (QED) is 0.702. The van der Waals surface area contributed by atoms with E-state index < -0.39 is 0 Å². The number of nitrogens with two attached hydrogens (primary N) is 1. The maximum Gasteiger partial charge on any atom is 0.264 e. The van der Waals surface area contributed by atoms with Gasteiger partial charge in [-0.1, -0.05) is 22.9 Å². The molecule has 1 amide bonds. The number of carbonyl (C=O) groups excluding carboxylic acids is 1. The number of thiazole rings is 2. The van der Waals surface area contributed by atoms with E-state index in [0.717, 1.165) is 16.3 Å². The van der Waals surface area contributed by atoms with E-state index in [-0.39, 0.29) is 12.5 Å². The number of hydrogen-bond donors (Lipinski definition) is 2. The lowest BCUT2D eigenvalue weighted by molar-refractivity contribution is -0.118. The van der Waals surface area contributed by atoms with Crippen LogP contribution in [-0.2, 0) is 4.79 Å². The van der Waals surface area contributed by atoms with Crippen LogP contribution in [0.2, 0.25) is 5.02 Å². The Morgan fingerprint density at radius 3 is 2.75 bits per heavy atom. The molecule has 0 fully saturated rings. The van der Waals surface area contributed by atoms with Gasteiger partial charge in [-0.15, -0.1) is 11.3 Å². The van der Waals surface area contributed by atoms with Crippen molar-refractivity contribution in [1.82, 2.24) is 9.97 Å². The van der Waals surface area contributed by atoms with Gasteiger partial charge in [-0.3, -0.25) is 10.1 Å². The molecule has 24 heavy (non-hydrogen) atoms. The van der Waals surface area contributed by atoms with Crippen LogP contribution in [0.5, 0.6) is 5.75 Å². The lowest BCUT2D eigenvalue weighted by Gasteiger charge is -2.05. The molecule has 0 unspecified atom stereocenters. The molecule has 0 atom stereocenters.